The van der Waals surface area contributed by atoms with Crippen LogP contribution in [-0.4, -0.2) is 26.9 Å². The van der Waals surface area contributed by atoms with E-state index in [9.17, 15) is 13.2 Å². The summed E-state index contributed by atoms with van der Waals surface area (Å²) < 4.78 is 27.0. The molecular formula is C18H24N2O3S2. The van der Waals surface area contributed by atoms with Crippen LogP contribution in [0.2, 0.25) is 0 Å². The van der Waals surface area contributed by atoms with E-state index < -0.39 is 16.1 Å². The molecule has 0 aliphatic heterocycles. The quantitative estimate of drug-likeness (QED) is 0.739. The van der Waals surface area contributed by atoms with Gasteiger partial charge in [0.2, 0.25) is 5.91 Å². The van der Waals surface area contributed by atoms with E-state index in [2.05, 4.69) is 23.9 Å². The lowest BCUT2D eigenvalue weighted by atomic mass is 9.88. The van der Waals surface area contributed by atoms with Crippen LogP contribution in [0.15, 0.2) is 52.1 Å². The van der Waals surface area contributed by atoms with Gasteiger partial charge in [-0.05, 0) is 29.9 Å². The van der Waals surface area contributed by atoms with E-state index in [1.165, 1.54) is 6.07 Å². The van der Waals surface area contributed by atoms with Crippen LogP contribution in [0.5, 0.6) is 0 Å². The molecule has 2 aromatic rings. The van der Waals surface area contributed by atoms with Gasteiger partial charge in [-0.15, -0.1) is 11.3 Å². The van der Waals surface area contributed by atoms with Crippen LogP contribution in [0, 0.1) is 5.92 Å². The fraction of sp³-hybridized carbons (Fsp3) is 0.389. The summed E-state index contributed by atoms with van der Waals surface area (Å²) in [5.41, 5.74) is 1.16. The molecule has 7 heteroatoms. The van der Waals surface area contributed by atoms with Gasteiger partial charge in [-0.1, -0.05) is 50.2 Å². The molecule has 1 heterocycles. The number of carbonyl (C=O) groups is 1. The molecule has 1 amide bonds. The molecule has 2 atom stereocenters. The fourth-order valence-corrected chi connectivity index (χ4v) is 4.78. The van der Waals surface area contributed by atoms with Crippen molar-refractivity contribution in [3.05, 3.63) is 53.4 Å². The van der Waals surface area contributed by atoms with Gasteiger partial charge in [-0.3, -0.25) is 4.79 Å². The highest BCUT2D eigenvalue weighted by molar-refractivity contribution is 7.91. The third-order valence-electron chi connectivity index (χ3n) is 4.01. The van der Waals surface area contributed by atoms with Gasteiger partial charge >= 0.3 is 0 Å². The minimum Gasteiger partial charge on any atom is -0.354 e. The predicted octanol–water partition coefficient (Wildman–Crippen LogP) is 2.97. The van der Waals surface area contributed by atoms with Crippen LogP contribution in [0.4, 0.5) is 0 Å². The first kappa shape index (κ1) is 19.6. The van der Waals surface area contributed by atoms with Crippen LogP contribution >= 0.6 is 11.3 Å². The minimum atomic E-state index is -3.66. The standard InChI is InChI=1S/C18H24N2O3S2/c1-13(2)16(15-8-5-4-6-9-15)12-19-18(21)14(3)20-25(22,23)17-10-7-11-24-17/h4-11,13-14,16,20H,12H2,1-3H3,(H,19,21). The van der Waals surface area contributed by atoms with Crippen LogP contribution in [0.1, 0.15) is 32.3 Å². The van der Waals surface area contributed by atoms with Crippen LogP contribution < -0.4 is 10.0 Å². The van der Waals surface area contributed by atoms with E-state index in [4.69, 9.17) is 0 Å². The first-order chi connectivity index (χ1) is 11.8. The zero-order valence-electron chi connectivity index (χ0n) is 14.6. The number of sulfonamides is 1. The predicted molar refractivity (Wildman–Crippen MR) is 101 cm³/mol. The maximum Gasteiger partial charge on any atom is 0.250 e. The second kappa shape index (κ2) is 8.60. The van der Waals surface area contributed by atoms with Gasteiger partial charge in [0, 0.05) is 12.5 Å². The van der Waals surface area contributed by atoms with Crippen molar-refractivity contribution >= 4 is 27.3 Å². The Balaban J connectivity index is 1.96. The summed E-state index contributed by atoms with van der Waals surface area (Å²) in [7, 11) is -3.66. The highest BCUT2D eigenvalue weighted by Gasteiger charge is 2.24. The highest BCUT2D eigenvalue weighted by Crippen LogP contribution is 2.23. The summed E-state index contributed by atoms with van der Waals surface area (Å²) in [5, 5.41) is 4.55. The van der Waals surface area contributed by atoms with Gasteiger partial charge < -0.3 is 5.32 Å². The SMILES string of the molecule is CC(NS(=O)(=O)c1cccs1)C(=O)NCC(c1ccccc1)C(C)C. The van der Waals surface area contributed by atoms with E-state index in [1.807, 2.05) is 30.3 Å². The normalized spacial score (nSPS) is 14.2. The monoisotopic (exact) mass is 380 g/mol. The van der Waals surface area contributed by atoms with Crippen molar-refractivity contribution in [1.82, 2.24) is 10.0 Å². The number of thiophene rings is 1. The van der Waals surface area contributed by atoms with E-state index in [0.717, 1.165) is 16.9 Å². The van der Waals surface area contributed by atoms with Crippen molar-refractivity contribution < 1.29 is 13.2 Å². The third kappa shape index (κ3) is 5.39. The molecule has 0 aliphatic carbocycles. The van der Waals surface area contributed by atoms with Gasteiger partial charge in [0.15, 0.2) is 0 Å². The maximum atomic E-state index is 12.3. The van der Waals surface area contributed by atoms with E-state index >= 15 is 0 Å². The van der Waals surface area contributed by atoms with Gasteiger partial charge in [-0.25, -0.2) is 8.42 Å². The average molecular weight is 381 g/mol. The average Bonchev–Trinajstić information content (AvgIpc) is 3.10. The second-order valence-corrected chi connectivity index (χ2v) is 9.17. The number of nitrogens with one attached hydrogen (secondary N) is 2. The summed E-state index contributed by atoms with van der Waals surface area (Å²) >= 11 is 1.12. The van der Waals surface area contributed by atoms with Crippen LogP contribution in [-0.2, 0) is 14.8 Å². The summed E-state index contributed by atoms with van der Waals surface area (Å²) in [6.07, 6.45) is 0. The Hall–Kier alpha value is -1.70. The van der Waals surface area contributed by atoms with Gasteiger partial charge in [-0.2, -0.15) is 4.72 Å². The molecule has 2 rings (SSSR count). The van der Waals surface area contributed by atoms with Crippen molar-refractivity contribution in [3.8, 4) is 0 Å². The van der Waals surface area contributed by atoms with Gasteiger partial charge in [0.1, 0.15) is 4.21 Å². The van der Waals surface area contributed by atoms with Crippen molar-refractivity contribution in [2.45, 2.75) is 36.9 Å². The van der Waals surface area contributed by atoms with Gasteiger partial charge in [0.05, 0.1) is 6.04 Å². The molecule has 136 valence electrons. The summed E-state index contributed by atoms with van der Waals surface area (Å²) in [6.45, 7) is 6.22. The number of rotatable bonds is 8. The minimum absolute atomic E-state index is 0.172. The Morgan fingerprint density at radius 2 is 1.76 bits per heavy atom. The summed E-state index contributed by atoms with van der Waals surface area (Å²) in [5.74, 6) is 0.189. The number of amides is 1. The van der Waals surface area contributed by atoms with Crippen LogP contribution in [0.3, 0.4) is 0 Å². The van der Waals surface area contributed by atoms with Crippen molar-refractivity contribution in [1.29, 1.82) is 0 Å². The van der Waals surface area contributed by atoms with Crippen molar-refractivity contribution in [2.75, 3.05) is 6.54 Å². The molecule has 0 radical (unpaired) electrons. The second-order valence-electron chi connectivity index (χ2n) is 6.28. The Labute approximate surface area is 153 Å². The Morgan fingerprint density at radius 3 is 2.32 bits per heavy atom. The van der Waals surface area contributed by atoms with Crippen LogP contribution in [0.25, 0.3) is 0 Å². The topological polar surface area (TPSA) is 75.3 Å². The Kier molecular flexibility index (Phi) is 6.75. The molecule has 25 heavy (non-hydrogen) atoms. The molecule has 0 spiro atoms. The largest absolute Gasteiger partial charge is 0.354 e. The Morgan fingerprint density at radius 1 is 1.08 bits per heavy atom. The molecule has 0 saturated heterocycles. The zero-order chi connectivity index (χ0) is 18.4. The number of hydrogen-bond acceptors (Lipinski definition) is 4. The van der Waals surface area contributed by atoms with E-state index in [1.54, 1.807) is 18.4 Å². The molecule has 0 saturated carbocycles. The molecular weight excluding hydrogens is 356 g/mol. The molecule has 2 N–H and O–H groups in total. The fourth-order valence-electron chi connectivity index (χ4n) is 2.56. The highest BCUT2D eigenvalue weighted by atomic mass is 32.2. The molecule has 0 fully saturated rings. The molecule has 2 unspecified atom stereocenters. The number of hydrogen-bond donors (Lipinski definition) is 2. The number of carbonyl (C=O) groups excluding carboxylic acids is 1. The molecule has 1 aromatic carbocycles. The first-order valence-corrected chi connectivity index (χ1v) is 10.6. The summed E-state index contributed by atoms with van der Waals surface area (Å²) in [6, 6.07) is 12.3. The smallest absolute Gasteiger partial charge is 0.250 e. The third-order valence-corrected chi connectivity index (χ3v) is 6.95. The molecule has 0 aliphatic rings. The molecule has 1 aromatic heterocycles. The lowest BCUT2D eigenvalue weighted by molar-refractivity contribution is -0.122. The Bertz CT molecular complexity index is 772. The van der Waals surface area contributed by atoms with Crippen molar-refractivity contribution in [3.63, 3.8) is 0 Å². The van der Waals surface area contributed by atoms with Gasteiger partial charge in [0.25, 0.3) is 10.0 Å². The maximum absolute atomic E-state index is 12.3. The lowest BCUT2D eigenvalue weighted by Gasteiger charge is -2.23. The van der Waals surface area contributed by atoms with Crippen molar-refractivity contribution in [2.24, 2.45) is 5.92 Å². The first-order valence-electron chi connectivity index (χ1n) is 8.19. The van der Waals surface area contributed by atoms with E-state index in [-0.39, 0.29) is 16.0 Å². The molecule has 0 bridgehead atoms. The number of benzene rings is 1. The lowest BCUT2D eigenvalue weighted by Crippen LogP contribution is -2.45. The molecule has 5 nitrogen and oxygen atoms in total. The summed E-state index contributed by atoms with van der Waals surface area (Å²) in [4.78, 5) is 12.3. The van der Waals surface area contributed by atoms with E-state index in [0.29, 0.717) is 12.5 Å². The zero-order valence-corrected chi connectivity index (χ0v) is 16.2.